The third kappa shape index (κ3) is 6.20. The quantitative estimate of drug-likeness (QED) is 0.863. The molecular weight excluding hydrogens is 274 g/mol. The van der Waals surface area contributed by atoms with Crippen molar-refractivity contribution < 1.29 is 14.6 Å². The third-order valence-electron chi connectivity index (χ3n) is 2.41. The second-order valence-electron chi connectivity index (χ2n) is 5.41. The number of aliphatic hydroxyl groups excluding tert-OH is 1. The van der Waals surface area contributed by atoms with Crippen molar-refractivity contribution in [3.8, 4) is 11.8 Å². The number of ether oxygens (including phenoxy) is 1. The lowest BCUT2D eigenvalue weighted by Crippen LogP contribution is -2.33. The lowest BCUT2D eigenvalue weighted by Gasteiger charge is -2.22. The number of hydrogen-bond donors (Lipinski definition) is 1. The Morgan fingerprint density at radius 3 is 2.80 bits per heavy atom. The molecule has 1 N–H and O–H groups in total. The Hall–Kier alpha value is -1.35. The van der Waals surface area contributed by atoms with Crippen LogP contribution in [0.5, 0.6) is 0 Å². The van der Waals surface area contributed by atoms with E-state index in [0.717, 1.165) is 10.4 Å². The van der Waals surface area contributed by atoms with E-state index in [-0.39, 0.29) is 24.7 Å². The Balaban J connectivity index is 2.51. The molecule has 0 saturated carbocycles. The lowest BCUT2D eigenvalue weighted by atomic mass is 10.2. The highest BCUT2D eigenvalue weighted by Crippen LogP contribution is 2.16. The van der Waals surface area contributed by atoms with Gasteiger partial charge in [0.15, 0.2) is 0 Å². The molecule has 0 saturated heterocycles. The maximum atomic E-state index is 11.9. The van der Waals surface area contributed by atoms with Gasteiger partial charge in [-0.15, -0.1) is 11.3 Å². The minimum atomic E-state index is -0.313. The summed E-state index contributed by atoms with van der Waals surface area (Å²) in [5.41, 5.74) is 0.554. The molecule has 0 unspecified atom stereocenters. The van der Waals surface area contributed by atoms with Crippen LogP contribution in [0.1, 0.15) is 31.2 Å². The van der Waals surface area contributed by atoms with Crippen molar-refractivity contribution in [3.05, 3.63) is 21.9 Å². The van der Waals surface area contributed by atoms with Crippen LogP contribution in [-0.4, -0.2) is 41.8 Å². The molecule has 5 heteroatoms. The van der Waals surface area contributed by atoms with Gasteiger partial charge in [0.05, 0.1) is 12.1 Å². The van der Waals surface area contributed by atoms with Crippen molar-refractivity contribution in [2.24, 2.45) is 0 Å². The van der Waals surface area contributed by atoms with Gasteiger partial charge in [0.25, 0.3) is 0 Å². The van der Waals surface area contributed by atoms with E-state index in [9.17, 15) is 4.79 Å². The normalized spacial score (nSPS) is 10.8. The van der Waals surface area contributed by atoms with Crippen molar-refractivity contribution in [1.29, 1.82) is 0 Å². The van der Waals surface area contributed by atoms with Crippen molar-refractivity contribution in [2.75, 3.05) is 20.3 Å². The first-order chi connectivity index (χ1) is 9.31. The van der Waals surface area contributed by atoms with Gasteiger partial charge >= 0.3 is 0 Å². The number of carbonyl (C=O) groups is 1. The second-order valence-corrected chi connectivity index (χ2v) is 6.41. The van der Waals surface area contributed by atoms with E-state index in [4.69, 9.17) is 9.84 Å². The summed E-state index contributed by atoms with van der Waals surface area (Å²) in [6.45, 7) is 6.25. The highest BCUT2D eigenvalue weighted by atomic mass is 32.1. The number of rotatable bonds is 4. The fraction of sp³-hybridized carbons (Fsp3) is 0.533. The average molecular weight is 295 g/mol. The van der Waals surface area contributed by atoms with Crippen LogP contribution in [0.4, 0.5) is 0 Å². The summed E-state index contributed by atoms with van der Waals surface area (Å²) in [4.78, 5) is 14.6. The van der Waals surface area contributed by atoms with Gasteiger partial charge in [-0.05, 0) is 26.8 Å². The lowest BCUT2D eigenvalue weighted by molar-refractivity contribution is -0.140. The van der Waals surface area contributed by atoms with Gasteiger partial charge in [0.2, 0.25) is 5.91 Å². The first-order valence-electron chi connectivity index (χ1n) is 6.37. The number of hydrogen-bond acceptors (Lipinski definition) is 4. The zero-order valence-corrected chi connectivity index (χ0v) is 13.2. The van der Waals surface area contributed by atoms with E-state index in [1.54, 1.807) is 23.3 Å². The summed E-state index contributed by atoms with van der Waals surface area (Å²) in [6.07, 6.45) is 0. The first kappa shape index (κ1) is 16.7. The molecule has 1 aromatic rings. The van der Waals surface area contributed by atoms with Crippen LogP contribution in [-0.2, 0) is 16.1 Å². The first-order valence-corrected chi connectivity index (χ1v) is 7.25. The van der Waals surface area contributed by atoms with Crippen LogP contribution >= 0.6 is 11.3 Å². The molecule has 1 rings (SSSR count). The Morgan fingerprint density at radius 2 is 2.20 bits per heavy atom. The predicted molar refractivity (Wildman–Crippen MR) is 80.5 cm³/mol. The molecule has 1 aromatic heterocycles. The topological polar surface area (TPSA) is 49.8 Å². The molecule has 110 valence electrons. The zero-order chi connectivity index (χ0) is 15.2. The fourth-order valence-corrected chi connectivity index (χ4v) is 2.25. The Bertz CT molecular complexity index is 505. The number of thiophene rings is 1. The number of likely N-dealkylation sites (N-methyl/N-ethyl adjacent to an activating group) is 1. The Labute approximate surface area is 124 Å². The van der Waals surface area contributed by atoms with Crippen LogP contribution in [0.25, 0.3) is 0 Å². The summed E-state index contributed by atoms with van der Waals surface area (Å²) in [6, 6.07) is 1.93. The van der Waals surface area contributed by atoms with Gasteiger partial charge in [-0.3, -0.25) is 4.79 Å². The van der Waals surface area contributed by atoms with Crippen molar-refractivity contribution in [1.82, 2.24) is 4.90 Å². The molecule has 1 amide bonds. The monoisotopic (exact) mass is 295 g/mol. The van der Waals surface area contributed by atoms with E-state index in [0.29, 0.717) is 6.54 Å². The molecule has 1 heterocycles. The second kappa shape index (κ2) is 7.44. The van der Waals surface area contributed by atoms with Gasteiger partial charge in [0, 0.05) is 22.9 Å². The Kier molecular flexibility index (Phi) is 6.21. The molecule has 0 aromatic carbocycles. The third-order valence-corrected chi connectivity index (χ3v) is 3.33. The largest absolute Gasteiger partial charge is 0.384 e. The summed E-state index contributed by atoms with van der Waals surface area (Å²) in [7, 11) is 1.76. The minimum absolute atomic E-state index is 0.0451. The molecule has 4 nitrogen and oxygen atoms in total. The molecular formula is C15H21NO3S. The van der Waals surface area contributed by atoms with Crippen LogP contribution in [0.15, 0.2) is 11.4 Å². The van der Waals surface area contributed by atoms with Gasteiger partial charge in [0.1, 0.15) is 13.2 Å². The standard InChI is InChI=1S/C15H21NO3S/c1-15(2,3)19-10-14(18)16(4)9-13-8-12(11-20-13)6-5-7-17/h8,11,17H,7,9-10H2,1-4H3. The van der Waals surface area contributed by atoms with Gasteiger partial charge < -0.3 is 14.7 Å². The highest BCUT2D eigenvalue weighted by Gasteiger charge is 2.16. The van der Waals surface area contributed by atoms with Crippen LogP contribution in [0.2, 0.25) is 0 Å². The van der Waals surface area contributed by atoms with Gasteiger partial charge in [-0.1, -0.05) is 11.8 Å². The maximum Gasteiger partial charge on any atom is 0.248 e. The smallest absolute Gasteiger partial charge is 0.248 e. The zero-order valence-electron chi connectivity index (χ0n) is 12.4. The Morgan fingerprint density at radius 1 is 1.50 bits per heavy atom. The SMILES string of the molecule is CN(Cc1cc(C#CCO)cs1)C(=O)COC(C)(C)C. The summed E-state index contributed by atoms with van der Waals surface area (Å²) >= 11 is 1.55. The van der Waals surface area contributed by atoms with E-state index in [1.165, 1.54) is 0 Å². The van der Waals surface area contributed by atoms with E-state index >= 15 is 0 Å². The predicted octanol–water partition coefficient (Wildman–Crippen LogP) is 1.87. The molecule has 0 aliphatic rings. The van der Waals surface area contributed by atoms with Crippen LogP contribution in [0.3, 0.4) is 0 Å². The summed E-state index contributed by atoms with van der Waals surface area (Å²) in [5.74, 6) is 5.40. The molecule has 0 bridgehead atoms. The van der Waals surface area contributed by atoms with E-state index in [2.05, 4.69) is 11.8 Å². The summed E-state index contributed by atoms with van der Waals surface area (Å²) < 4.78 is 5.47. The van der Waals surface area contributed by atoms with Crippen LogP contribution in [0, 0.1) is 11.8 Å². The molecule has 0 spiro atoms. The minimum Gasteiger partial charge on any atom is -0.384 e. The molecule has 0 aliphatic carbocycles. The van der Waals surface area contributed by atoms with Crippen molar-refractivity contribution in [3.63, 3.8) is 0 Å². The molecule has 20 heavy (non-hydrogen) atoms. The number of carbonyl (C=O) groups excluding carboxylic acids is 1. The molecule has 0 fully saturated rings. The number of amides is 1. The average Bonchev–Trinajstić information content (AvgIpc) is 2.80. The van der Waals surface area contributed by atoms with E-state index in [1.807, 2.05) is 32.2 Å². The summed E-state index contributed by atoms with van der Waals surface area (Å²) in [5, 5.41) is 10.6. The van der Waals surface area contributed by atoms with E-state index < -0.39 is 0 Å². The number of aliphatic hydroxyl groups is 1. The maximum absolute atomic E-state index is 11.9. The van der Waals surface area contributed by atoms with Gasteiger partial charge in [-0.25, -0.2) is 0 Å². The van der Waals surface area contributed by atoms with Crippen molar-refractivity contribution >= 4 is 17.2 Å². The molecule has 0 radical (unpaired) electrons. The molecule has 0 atom stereocenters. The van der Waals surface area contributed by atoms with Gasteiger partial charge in [-0.2, -0.15) is 0 Å². The molecule has 0 aliphatic heterocycles. The van der Waals surface area contributed by atoms with Crippen LogP contribution < -0.4 is 0 Å². The fourth-order valence-electron chi connectivity index (χ4n) is 1.38. The highest BCUT2D eigenvalue weighted by molar-refractivity contribution is 7.10. The number of nitrogens with zero attached hydrogens (tertiary/aromatic N) is 1. The van der Waals surface area contributed by atoms with Crippen molar-refractivity contribution in [2.45, 2.75) is 32.9 Å².